The van der Waals surface area contributed by atoms with E-state index in [0.29, 0.717) is 6.20 Å². The second kappa shape index (κ2) is 6.52. The van der Waals surface area contributed by atoms with Gasteiger partial charge in [-0.25, -0.2) is 18.1 Å². The van der Waals surface area contributed by atoms with Crippen molar-refractivity contribution in [2.45, 2.75) is 50.2 Å². The third-order valence-electron chi connectivity index (χ3n) is 3.95. The van der Waals surface area contributed by atoms with Gasteiger partial charge in [0.2, 0.25) is 6.23 Å². The van der Waals surface area contributed by atoms with Crippen LogP contribution in [0.1, 0.15) is 20.1 Å². The molecule has 0 aliphatic carbocycles. The number of halogens is 4. The van der Waals surface area contributed by atoms with Crippen molar-refractivity contribution in [2.75, 3.05) is 6.61 Å². The van der Waals surface area contributed by atoms with E-state index in [4.69, 9.17) is 13.8 Å². The van der Waals surface area contributed by atoms with E-state index in [2.05, 4.69) is 4.52 Å². The number of aromatic amines is 1. The normalized spacial score (nSPS) is 35.6. The SMILES string of the molecule is CC(C)OP1(=O)OCC2(C(F)F)OC(n3ccc(=O)[nH]c3=O)C(F)(F)C2O1. The first-order chi connectivity index (χ1) is 12.4. The van der Waals surface area contributed by atoms with Crippen LogP contribution in [0.4, 0.5) is 17.6 Å². The Morgan fingerprint density at radius 1 is 1.37 bits per heavy atom. The first-order valence-corrected chi connectivity index (χ1v) is 9.14. The van der Waals surface area contributed by atoms with Crippen LogP contribution in [-0.2, 0) is 22.9 Å². The number of H-pyrrole nitrogens is 1. The fourth-order valence-electron chi connectivity index (χ4n) is 2.81. The monoisotopic (exact) mass is 418 g/mol. The van der Waals surface area contributed by atoms with E-state index in [-0.39, 0.29) is 4.57 Å². The highest BCUT2D eigenvalue weighted by Crippen LogP contribution is 2.64. The number of hydrogen-bond acceptors (Lipinski definition) is 7. The number of nitrogens with zero attached hydrogens (tertiary/aromatic N) is 1. The molecular weight excluding hydrogens is 403 g/mol. The summed E-state index contributed by atoms with van der Waals surface area (Å²) in [6.45, 7) is 1.60. The minimum absolute atomic E-state index is 0.238. The number of alkyl halides is 4. The quantitative estimate of drug-likeness (QED) is 0.585. The molecule has 14 heteroatoms. The van der Waals surface area contributed by atoms with Gasteiger partial charge in [0.1, 0.15) is 0 Å². The number of hydrogen-bond donors (Lipinski definition) is 1. The van der Waals surface area contributed by atoms with E-state index in [1.54, 1.807) is 4.98 Å². The number of phosphoric acid groups is 1. The lowest BCUT2D eigenvalue weighted by Gasteiger charge is -2.39. The van der Waals surface area contributed by atoms with Crippen molar-refractivity contribution in [3.8, 4) is 0 Å². The summed E-state index contributed by atoms with van der Waals surface area (Å²) in [5.74, 6) is -4.24. The average molecular weight is 418 g/mol. The van der Waals surface area contributed by atoms with Crippen LogP contribution in [0.15, 0.2) is 21.9 Å². The molecule has 2 aliphatic rings. The van der Waals surface area contributed by atoms with Gasteiger partial charge in [-0.2, -0.15) is 8.78 Å². The molecule has 0 radical (unpaired) electrons. The van der Waals surface area contributed by atoms with E-state index in [1.165, 1.54) is 13.8 Å². The second-order valence-corrected chi connectivity index (χ2v) is 7.85. The molecular formula is C13H15F4N2O7P. The molecule has 2 fully saturated rings. The molecule has 1 N–H and O–H groups in total. The van der Waals surface area contributed by atoms with Crippen LogP contribution >= 0.6 is 7.82 Å². The summed E-state index contributed by atoms with van der Waals surface area (Å²) in [6, 6.07) is 0.738. The van der Waals surface area contributed by atoms with Crippen LogP contribution in [0.5, 0.6) is 0 Å². The lowest BCUT2D eigenvalue weighted by molar-refractivity contribution is -0.209. The number of nitrogens with one attached hydrogen (secondary N) is 1. The number of aromatic nitrogens is 2. The van der Waals surface area contributed by atoms with Crippen molar-refractivity contribution in [3.63, 3.8) is 0 Å². The number of ether oxygens (including phenoxy) is 1. The molecule has 3 heterocycles. The van der Waals surface area contributed by atoms with Crippen LogP contribution in [-0.4, -0.2) is 46.3 Å². The molecule has 1 aromatic rings. The maximum absolute atomic E-state index is 14.9. The van der Waals surface area contributed by atoms with E-state index >= 15 is 0 Å². The Hall–Kier alpha value is -1.53. The highest BCUT2D eigenvalue weighted by molar-refractivity contribution is 7.48. The van der Waals surface area contributed by atoms with Crippen molar-refractivity contribution < 1.29 is 40.4 Å². The standard InChI is InChI=1S/C13H15F4N2O7P/c1-6(2)25-27(22)23-5-12(9(14)15)8(26-27)13(16,17)10(24-12)19-4-3-7(20)18-11(19)21/h3-4,6,8-10H,5H2,1-2H3,(H,18,20,21). The van der Waals surface area contributed by atoms with Gasteiger partial charge in [0.25, 0.3) is 12.0 Å². The molecule has 0 aromatic carbocycles. The molecule has 2 aliphatic heterocycles. The van der Waals surface area contributed by atoms with Gasteiger partial charge in [-0.3, -0.25) is 27.9 Å². The summed E-state index contributed by atoms with van der Waals surface area (Å²) < 4.78 is 88.9. The van der Waals surface area contributed by atoms with Crippen molar-refractivity contribution in [1.29, 1.82) is 0 Å². The summed E-state index contributed by atoms with van der Waals surface area (Å²) in [6.07, 6.45) is -8.93. The molecule has 1 aromatic heterocycles. The van der Waals surface area contributed by atoms with Gasteiger partial charge < -0.3 is 4.74 Å². The van der Waals surface area contributed by atoms with Crippen molar-refractivity contribution in [3.05, 3.63) is 33.1 Å². The smallest absolute Gasteiger partial charge is 0.333 e. The Morgan fingerprint density at radius 3 is 2.59 bits per heavy atom. The third kappa shape index (κ3) is 3.27. The predicted octanol–water partition coefficient (Wildman–Crippen LogP) is 1.65. The average Bonchev–Trinajstić information content (AvgIpc) is 2.75. The second-order valence-electron chi connectivity index (χ2n) is 6.28. The Bertz CT molecular complexity index is 888. The first-order valence-electron chi connectivity index (χ1n) is 7.68. The van der Waals surface area contributed by atoms with Crippen molar-refractivity contribution >= 4 is 7.82 Å². The Balaban J connectivity index is 2.06. The van der Waals surface area contributed by atoms with E-state index in [1.807, 2.05) is 0 Å². The maximum atomic E-state index is 14.9. The number of fused-ring (bicyclic) bond motifs is 1. The molecule has 27 heavy (non-hydrogen) atoms. The third-order valence-corrected chi connectivity index (χ3v) is 5.54. The molecule has 0 spiro atoms. The van der Waals surface area contributed by atoms with Crippen LogP contribution in [0.3, 0.4) is 0 Å². The van der Waals surface area contributed by atoms with Crippen LogP contribution < -0.4 is 11.2 Å². The molecule has 2 saturated heterocycles. The van der Waals surface area contributed by atoms with Crippen molar-refractivity contribution in [2.24, 2.45) is 0 Å². The van der Waals surface area contributed by atoms with Gasteiger partial charge in [0, 0.05) is 12.3 Å². The molecule has 152 valence electrons. The minimum Gasteiger partial charge on any atom is -0.333 e. The summed E-state index contributed by atoms with van der Waals surface area (Å²) in [5.41, 5.74) is -5.19. The zero-order valence-corrected chi connectivity index (χ0v) is 14.8. The number of phosphoric ester groups is 1. The minimum atomic E-state index is -4.58. The summed E-state index contributed by atoms with van der Waals surface area (Å²) in [4.78, 5) is 24.7. The molecule has 0 amide bonds. The first kappa shape index (κ1) is 20.2. The van der Waals surface area contributed by atoms with Gasteiger partial charge in [-0.05, 0) is 13.8 Å². The fourth-order valence-corrected chi connectivity index (χ4v) is 4.43. The van der Waals surface area contributed by atoms with Gasteiger partial charge in [0.15, 0.2) is 11.7 Å². The van der Waals surface area contributed by atoms with E-state index in [9.17, 15) is 31.7 Å². The Morgan fingerprint density at radius 2 is 2.04 bits per heavy atom. The highest BCUT2D eigenvalue weighted by Gasteiger charge is 2.75. The molecule has 4 unspecified atom stereocenters. The predicted molar refractivity (Wildman–Crippen MR) is 79.8 cm³/mol. The van der Waals surface area contributed by atoms with Crippen LogP contribution in [0.25, 0.3) is 0 Å². The Kier molecular flexibility index (Phi) is 4.88. The van der Waals surface area contributed by atoms with Crippen LogP contribution in [0.2, 0.25) is 0 Å². The summed E-state index contributed by atoms with van der Waals surface area (Å²) in [7, 11) is -4.58. The summed E-state index contributed by atoms with van der Waals surface area (Å²) >= 11 is 0. The lowest BCUT2D eigenvalue weighted by Crippen LogP contribution is -2.57. The summed E-state index contributed by atoms with van der Waals surface area (Å²) in [5, 5.41) is 0. The molecule has 3 rings (SSSR count). The largest absolute Gasteiger partial charge is 0.475 e. The Labute approximate surface area is 148 Å². The lowest BCUT2D eigenvalue weighted by atomic mass is 9.96. The molecule has 4 atom stereocenters. The zero-order chi connectivity index (χ0) is 20.2. The maximum Gasteiger partial charge on any atom is 0.475 e. The van der Waals surface area contributed by atoms with Gasteiger partial charge in [-0.1, -0.05) is 0 Å². The zero-order valence-electron chi connectivity index (χ0n) is 13.9. The number of rotatable bonds is 4. The highest BCUT2D eigenvalue weighted by atomic mass is 31.2. The van der Waals surface area contributed by atoms with Gasteiger partial charge in [-0.15, -0.1) is 0 Å². The molecule has 9 nitrogen and oxygen atoms in total. The van der Waals surface area contributed by atoms with E-state index in [0.717, 1.165) is 6.07 Å². The fraction of sp³-hybridized carbons (Fsp3) is 0.692. The van der Waals surface area contributed by atoms with Gasteiger partial charge in [0.05, 0.1) is 12.7 Å². The van der Waals surface area contributed by atoms with Gasteiger partial charge >= 0.3 is 19.4 Å². The van der Waals surface area contributed by atoms with Crippen molar-refractivity contribution in [1.82, 2.24) is 9.55 Å². The molecule has 0 bridgehead atoms. The van der Waals surface area contributed by atoms with Crippen LogP contribution in [0, 0.1) is 0 Å². The van der Waals surface area contributed by atoms with E-state index < -0.39 is 62.1 Å². The topological polar surface area (TPSA) is 109 Å². The molecule has 0 saturated carbocycles.